The van der Waals surface area contributed by atoms with Crippen molar-refractivity contribution in [3.63, 3.8) is 0 Å². The van der Waals surface area contributed by atoms with Gasteiger partial charge in [-0.15, -0.1) is 0 Å². The first-order valence-electron chi connectivity index (χ1n) is 7.88. The summed E-state index contributed by atoms with van der Waals surface area (Å²) < 4.78 is 2.02. The summed E-state index contributed by atoms with van der Waals surface area (Å²) in [6.07, 6.45) is 7.53. The summed E-state index contributed by atoms with van der Waals surface area (Å²) in [5, 5.41) is 7.41. The highest BCUT2D eigenvalue weighted by molar-refractivity contribution is 5.95. The molecule has 5 nitrogen and oxygen atoms in total. The first-order chi connectivity index (χ1) is 10.6. The molecule has 116 valence electrons. The van der Waals surface area contributed by atoms with Gasteiger partial charge in [0.2, 0.25) is 0 Å². The summed E-state index contributed by atoms with van der Waals surface area (Å²) in [5.41, 5.74) is 2.84. The number of aromatic nitrogens is 3. The molecule has 2 aromatic rings. The molecule has 1 aliphatic carbocycles. The van der Waals surface area contributed by atoms with Crippen LogP contribution in [0, 0.1) is 5.92 Å². The predicted molar refractivity (Wildman–Crippen MR) is 84.4 cm³/mol. The Morgan fingerprint density at radius 1 is 1.41 bits per heavy atom. The van der Waals surface area contributed by atoms with E-state index in [-0.39, 0.29) is 5.91 Å². The number of amides is 1. The standard InChI is InChI=1S/C17H22N4O/c1-12(2)11-21-16(14-5-6-14)15(10-20-21)17(22)19-9-13-4-3-7-18-8-13/h3-4,7-8,10,12,14H,5-6,9,11H2,1-2H3,(H,19,22). The fourth-order valence-corrected chi connectivity index (χ4v) is 2.63. The van der Waals surface area contributed by atoms with E-state index in [2.05, 4.69) is 29.2 Å². The van der Waals surface area contributed by atoms with Crippen molar-refractivity contribution in [3.8, 4) is 0 Å². The number of nitrogens with one attached hydrogen (secondary N) is 1. The van der Waals surface area contributed by atoms with Gasteiger partial charge in [0.15, 0.2) is 0 Å². The van der Waals surface area contributed by atoms with Gasteiger partial charge in [-0.05, 0) is 30.4 Å². The smallest absolute Gasteiger partial charge is 0.255 e. The molecule has 2 aromatic heterocycles. The van der Waals surface area contributed by atoms with E-state index in [1.54, 1.807) is 18.6 Å². The van der Waals surface area contributed by atoms with Crippen LogP contribution in [-0.4, -0.2) is 20.7 Å². The fraction of sp³-hybridized carbons (Fsp3) is 0.471. The Labute approximate surface area is 130 Å². The summed E-state index contributed by atoms with van der Waals surface area (Å²) in [4.78, 5) is 16.5. The molecule has 0 spiro atoms. The Bertz CT molecular complexity index is 644. The maximum Gasteiger partial charge on any atom is 0.255 e. The first-order valence-corrected chi connectivity index (χ1v) is 7.88. The van der Waals surface area contributed by atoms with E-state index in [4.69, 9.17) is 0 Å². The molecule has 2 heterocycles. The molecule has 22 heavy (non-hydrogen) atoms. The van der Waals surface area contributed by atoms with Crippen molar-refractivity contribution < 1.29 is 4.79 Å². The minimum Gasteiger partial charge on any atom is -0.348 e. The lowest BCUT2D eigenvalue weighted by Gasteiger charge is -2.11. The number of hydrogen-bond acceptors (Lipinski definition) is 3. The Hall–Kier alpha value is -2.17. The number of hydrogen-bond donors (Lipinski definition) is 1. The molecule has 0 unspecified atom stereocenters. The minimum absolute atomic E-state index is 0.0410. The lowest BCUT2D eigenvalue weighted by Crippen LogP contribution is -2.24. The molecule has 1 saturated carbocycles. The Balaban J connectivity index is 1.73. The van der Waals surface area contributed by atoms with Crippen molar-refractivity contribution in [2.45, 2.75) is 45.7 Å². The normalized spacial score (nSPS) is 14.3. The van der Waals surface area contributed by atoms with Crippen LogP contribution in [0.25, 0.3) is 0 Å². The second-order valence-corrected chi connectivity index (χ2v) is 6.34. The predicted octanol–water partition coefficient (Wildman–Crippen LogP) is 2.74. The summed E-state index contributed by atoms with van der Waals surface area (Å²) in [6, 6.07) is 3.83. The third kappa shape index (κ3) is 3.35. The molecule has 1 amide bonds. The lowest BCUT2D eigenvalue weighted by molar-refractivity contribution is 0.0949. The van der Waals surface area contributed by atoms with Crippen LogP contribution in [0.1, 0.15) is 54.2 Å². The van der Waals surface area contributed by atoms with Gasteiger partial charge in [0.1, 0.15) is 0 Å². The average Bonchev–Trinajstić information content (AvgIpc) is 3.26. The maximum absolute atomic E-state index is 12.5. The van der Waals surface area contributed by atoms with Gasteiger partial charge in [-0.1, -0.05) is 19.9 Å². The molecular formula is C17H22N4O. The molecule has 0 saturated heterocycles. The second-order valence-electron chi connectivity index (χ2n) is 6.34. The van der Waals surface area contributed by atoms with Gasteiger partial charge in [-0.25, -0.2) is 0 Å². The molecule has 0 bridgehead atoms. The second kappa shape index (κ2) is 6.30. The third-order valence-electron chi connectivity index (χ3n) is 3.80. The zero-order valence-corrected chi connectivity index (χ0v) is 13.1. The van der Waals surface area contributed by atoms with Crippen molar-refractivity contribution in [1.82, 2.24) is 20.1 Å². The zero-order valence-electron chi connectivity index (χ0n) is 13.1. The van der Waals surface area contributed by atoms with Crippen LogP contribution < -0.4 is 5.32 Å². The highest BCUT2D eigenvalue weighted by Gasteiger charge is 2.32. The topological polar surface area (TPSA) is 59.8 Å². The van der Waals surface area contributed by atoms with Crippen molar-refractivity contribution in [3.05, 3.63) is 47.5 Å². The van der Waals surface area contributed by atoms with E-state index in [9.17, 15) is 4.79 Å². The molecule has 3 rings (SSSR count). The molecule has 1 N–H and O–H groups in total. The summed E-state index contributed by atoms with van der Waals surface area (Å²) >= 11 is 0. The highest BCUT2D eigenvalue weighted by atomic mass is 16.1. The Morgan fingerprint density at radius 2 is 2.23 bits per heavy atom. The van der Waals surface area contributed by atoms with Crippen LogP contribution >= 0.6 is 0 Å². The lowest BCUT2D eigenvalue weighted by atomic mass is 10.1. The van der Waals surface area contributed by atoms with Crippen LogP contribution in [0.5, 0.6) is 0 Å². The zero-order chi connectivity index (χ0) is 15.5. The van der Waals surface area contributed by atoms with Crippen LogP contribution in [0.2, 0.25) is 0 Å². The van der Waals surface area contributed by atoms with Crippen LogP contribution in [0.4, 0.5) is 0 Å². The summed E-state index contributed by atoms with van der Waals surface area (Å²) in [6.45, 7) is 5.69. The van der Waals surface area contributed by atoms with Gasteiger partial charge in [0, 0.05) is 31.4 Å². The van der Waals surface area contributed by atoms with E-state index in [1.165, 1.54) is 0 Å². The van der Waals surface area contributed by atoms with Gasteiger partial charge in [0.05, 0.1) is 17.5 Å². The molecule has 0 aromatic carbocycles. The monoisotopic (exact) mass is 298 g/mol. The number of nitrogens with zero attached hydrogens (tertiary/aromatic N) is 3. The number of rotatable bonds is 6. The SMILES string of the molecule is CC(C)Cn1ncc(C(=O)NCc2cccnc2)c1C1CC1. The van der Waals surface area contributed by atoms with Gasteiger partial charge < -0.3 is 5.32 Å². The molecule has 0 aliphatic heterocycles. The highest BCUT2D eigenvalue weighted by Crippen LogP contribution is 2.41. The fourth-order valence-electron chi connectivity index (χ4n) is 2.63. The Kier molecular flexibility index (Phi) is 4.22. The van der Waals surface area contributed by atoms with Crippen LogP contribution in [0.3, 0.4) is 0 Å². The Morgan fingerprint density at radius 3 is 2.86 bits per heavy atom. The van der Waals surface area contributed by atoms with Gasteiger partial charge >= 0.3 is 0 Å². The summed E-state index contributed by atoms with van der Waals surface area (Å²) in [7, 11) is 0. The quantitative estimate of drug-likeness (QED) is 0.892. The van der Waals surface area contributed by atoms with Crippen molar-refractivity contribution in [2.75, 3.05) is 0 Å². The minimum atomic E-state index is -0.0410. The molecule has 5 heteroatoms. The number of carbonyl (C=O) groups excluding carboxylic acids is 1. The van der Waals surface area contributed by atoms with Crippen LogP contribution in [0.15, 0.2) is 30.7 Å². The van der Waals surface area contributed by atoms with Gasteiger partial charge in [-0.3, -0.25) is 14.5 Å². The van der Waals surface area contributed by atoms with Crippen molar-refractivity contribution >= 4 is 5.91 Å². The molecule has 1 aliphatic rings. The summed E-state index contributed by atoms with van der Waals surface area (Å²) in [5.74, 6) is 0.977. The van der Waals surface area contributed by atoms with Crippen molar-refractivity contribution in [2.24, 2.45) is 5.92 Å². The largest absolute Gasteiger partial charge is 0.348 e. The van der Waals surface area contributed by atoms with Gasteiger partial charge in [-0.2, -0.15) is 5.10 Å². The van der Waals surface area contributed by atoms with E-state index in [1.807, 2.05) is 16.8 Å². The van der Waals surface area contributed by atoms with E-state index < -0.39 is 0 Å². The molecule has 0 atom stereocenters. The van der Waals surface area contributed by atoms with E-state index >= 15 is 0 Å². The number of carbonyl (C=O) groups is 1. The average molecular weight is 298 g/mol. The molecule has 0 radical (unpaired) electrons. The first kappa shape index (κ1) is 14.8. The van der Waals surface area contributed by atoms with E-state index in [0.29, 0.717) is 18.4 Å². The van der Waals surface area contributed by atoms with Crippen LogP contribution in [-0.2, 0) is 13.1 Å². The van der Waals surface area contributed by atoms with Crippen molar-refractivity contribution in [1.29, 1.82) is 0 Å². The number of pyridine rings is 1. The van der Waals surface area contributed by atoms with E-state index in [0.717, 1.165) is 36.2 Å². The maximum atomic E-state index is 12.5. The third-order valence-corrected chi connectivity index (χ3v) is 3.80. The van der Waals surface area contributed by atoms with Gasteiger partial charge in [0.25, 0.3) is 5.91 Å². The molecule has 1 fully saturated rings. The molecular weight excluding hydrogens is 276 g/mol.